The summed E-state index contributed by atoms with van der Waals surface area (Å²) in [7, 11) is 0. The molecule has 1 aliphatic rings. The zero-order valence-electron chi connectivity index (χ0n) is 12.0. The molecule has 0 saturated heterocycles. The first-order chi connectivity index (χ1) is 9.45. The first kappa shape index (κ1) is 12.7. The molecule has 1 aliphatic heterocycles. The Labute approximate surface area is 118 Å². The molecule has 3 heteroatoms. The third-order valence-electron chi connectivity index (χ3n) is 3.52. The third-order valence-corrected chi connectivity index (χ3v) is 3.52. The van der Waals surface area contributed by atoms with Gasteiger partial charge in [-0.25, -0.2) is 4.79 Å². The zero-order chi connectivity index (χ0) is 14.4. The molecule has 0 spiro atoms. The molecule has 102 valence electrons. The van der Waals surface area contributed by atoms with Crippen LogP contribution in [0.25, 0.3) is 11.1 Å². The summed E-state index contributed by atoms with van der Waals surface area (Å²) in [5.74, 6) is 1.14. The maximum Gasteiger partial charge on any atom is 0.519 e. The summed E-state index contributed by atoms with van der Waals surface area (Å²) in [5, 5.41) is 0. The van der Waals surface area contributed by atoms with E-state index in [1.165, 1.54) is 0 Å². The fourth-order valence-corrected chi connectivity index (χ4v) is 2.86. The van der Waals surface area contributed by atoms with E-state index in [4.69, 9.17) is 9.47 Å². The second-order valence-corrected chi connectivity index (χ2v) is 5.36. The summed E-state index contributed by atoms with van der Waals surface area (Å²) in [6, 6.07) is 7.91. The van der Waals surface area contributed by atoms with Crippen LogP contribution in [0.5, 0.6) is 11.5 Å². The molecule has 0 aliphatic carbocycles. The lowest BCUT2D eigenvalue weighted by molar-refractivity contribution is 0.153. The molecule has 0 N–H and O–H groups in total. The standard InChI is InChI=1S/C17H16O3/c1-9-5-11(3)15-13(7-9)19-17(18)20-14-8-10(2)6-12(4)16(14)15/h5-8H,1-4H3. The number of carbonyl (C=O) groups is 1. The maximum absolute atomic E-state index is 11.8. The minimum atomic E-state index is -0.681. The second kappa shape index (κ2) is 4.37. The molecular weight excluding hydrogens is 252 g/mol. The fraction of sp³-hybridized carbons (Fsp3) is 0.235. The number of hydrogen-bond acceptors (Lipinski definition) is 3. The Bertz CT molecular complexity index is 668. The van der Waals surface area contributed by atoms with Gasteiger partial charge in [0.1, 0.15) is 11.5 Å². The van der Waals surface area contributed by atoms with Crippen LogP contribution in [0.2, 0.25) is 0 Å². The molecule has 0 amide bonds. The zero-order valence-corrected chi connectivity index (χ0v) is 12.0. The van der Waals surface area contributed by atoms with Gasteiger partial charge in [-0.15, -0.1) is 0 Å². The summed E-state index contributed by atoms with van der Waals surface area (Å²) < 4.78 is 10.7. The Morgan fingerprint density at radius 1 is 0.700 bits per heavy atom. The molecule has 3 rings (SSSR count). The average Bonchev–Trinajstić information content (AvgIpc) is 2.43. The van der Waals surface area contributed by atoms with Gasteiger partial charge < -0.3 is 9.47 Å². The largest absolute Gasteiger partial charge is 0.519 e. The average molecular weight is 268 g/mol. The maximum atomic E-state index is 11.8. The van der Waals surface area contributed by atoms with Gasteiger partial charge in [0.15, 0.2) is 0 Å². The van der Waals surface area contributed by atoms with Crippen LogP contribution in [0, 0.1) is 27.7 Å². The highest BCUT2D eigenvalue weighted by Crippen LogP contribution is 2.44. The van der Waals surface area contributed by atoms with Crippen LogP contribution in [-0.4, -0.2) is 6.16 Å². The SMILES string of the molecule is Cc1cc(C)c2c(c1)OC(=O)Oc1cc(C)cc(C)c1-2. The van der Waals surface area contributed by atoms with Crippen molar-refractivity contribution in [3.8, 4) is 22.6 Å². The quantitative estimate of drug-likeness (QED) is 0.522. The minimum Gasteiger partial charge on any atom is -0.394 e. The van der Waals surface area contributed by atoms with Crippen LogP contribution < -0.4 is 9.47 Å². The van der Waals surface area contributed by atoms with E-state index in [0.717, 1.165) is 33.4 Å². The number of aryl methyl sites for hydroxylation is 4. The van der Waals surface area contributed by atoms with E-state index in [2.05, 4.69) is 12.1 Å². The van der Waals surface area contributed by atoms with E-state index in [0.29, 0.717) is 11.5 Å². The highest BCUT2D eigenvalue weighted by Gasteiger charge is 2.25. The van der Waals surface area contributed by atoms with Crippen molar-refractivity contribution >= 4 is 6.16 Å². The number of benzene rings is 2. The van der Waals surface area contributed by atoms with Gasteiger partial charge in [0.05, 0.1) is 0 Å². The number of carbonyl (C=O) groups excluding carboxylic acids is 1. The van der Waals surface area contributed by atoms with Gasteiger partial charge in [-0.05, 0) is 62.1 Å². The van der Waals surface area contributed by atoms with Crippen molar-refractivity contribution in [1.29, 1.82) is 0 Å². The van der Waals surface area contributed by atoms with E-state index in [1.807, 2.05) is 39.8 Å². The van der Waals surface area contributed by atoms with Crippen molar-refractivity contribution in [3.63, 3.8) is 0 Å². The summed E-state index contributed by atoms with van der Waals surface area (Å²) >= 11 is 0. The molecule has 0 atom stereocenters. The van der Waals surface area contributed by atoms with Crippen LogP contribution in [0.15, 0.2) is 24.3 Å². The molecule has 20 heavy (non-hydrogen) atoms. The van der Waals surface area contributed by atoms with Crippen molar-refractivity contribution in [3.05, 3.63) is 46.5 Å². The monoisotopic (exact) mass is 268 g/mol. The van der Waals surface area contributed by atoms with Crippen molar-refractivity contribution in [1.82, 2.24) is 0 Å². The highest BCUT2D eigenvalue weighted by molar-refractivity contribution is 5.87. The Balaban J connectivity index is 2.40. The second-order valence-electron chi connectivity index (χ2n) is 5.36. The molecule has 0 saturated carbocycles. The third kappa shape index (κ3) is 1.95. The van der Waals surface area contributed by atoms with Crippen molar-refractivity contribution in [2.45, 2.75) is 27.7 Å². The highest BCUT2D eigenvalue weighted by atomic mass is 16.7. The van der Waals surface area contributed by atoms with Gasteiger partial charge in [0.25, 0.3) is 0 Å². The van der Waals surface area contributed by atoms with Crippen LogP contribution in [0.4, 0.5) is 4.79 Å². The Morgan fingerprint density at radius 3 is 1.50 bits per heavy atom. The summed E-state index contributed by atoms with van der Waals surface area (Å²) in [4.78, 5) is 11.8. The van der Waals surface area contributed by atoms with E-state index in [-0.39, 0.29) is 0 Å². The summed E-state index contributed by atoms with van der Waals surface area (Å²) in [6.07, 6.45) is -0.681. The predicted octanol–water partition coefficient (Wildman–Crippen LogP) is 4.48. The van der Waals surface area contributed by atoms with Crippen molar-refractivity contribution < 1.29 is 14.3 Å². The van der Waals surface area contributed by atoms with E-state index >= 15 is 0 Å². The first-order valence-corrected chi connectivity index (χ1v) is 6.58. The lowest BCUT2D eigenvalue weighted by atomic mass is 9.92. The molecule has 1 heterocycles. The number of hydrogen-bond donors (Lipinski definition) is 0. The molecule has 0 aromatic heterocycles. The van der Waals surface area contributed by atoms with Gasteiger partial charge >= 0.3 is 6.16 Å². The van der Waals surface area contributed by atoms with Gasteiger partial charge in [-0.3, -0.25) is 0 Å². The first-order valence-electron chi connectivity index (χ1n) is 6.58. The fourth-order valence-electron chi connectivity index (χ4n) is 2.86. The molecule has 0 radical (unpaired) electrons. The van der Waals surface area contributed by atoms with Gasteiger partial charge in [-0.1, -0.05) is 12.1 Å². The Hall–Kier alpha value is -2.29. The molecule has 2 aromatic carbocycles. The van der Waals surface area contributed by atoms with Crippen LogP contribution in [0.3, 0.4) is 0 Å². The molecule has 2 aromatic rings. The van der Waals surface area contributed by atoms with Crippen LogP contribution >= 0.6 is 0 Å². The topological polar surface area (TPSA) is 35.5 Å². The van der Waals surface area contributed by atoms with Crippen LogP contribution in [-0.2, 0) is 0 Å². The summed E-state index contributed by atoms with van der Waals surface area (Å²) in [6.45, 7) is 8.01. The molecule has 0 unspecified atom stereocenters. The van der Waals surface area contributed by atoms with Gasteiger partial charge in [-0.2, -0.15) is 0 Å². The molecule has 3 nitrogen and oxygen atoms in total. The van der Waals surface area contributed by atoms with Crippen molar-refractivity contribution in [2.75, 3.05) is 0 Å². The normalized spacial score (nSPS) is 12.9. The minimum absolute atomic E-state index is 0.568. The molecule has 0 bridgehead atoms. The number of fused-ring (bicyclic) bond motifs is 3. The molecular formula is C17H16O3. The smallest absolute Gasteiger partial charge is 0.394 e. The number of rotatable bonds is 0. The van der Waals surface area contributed by atoms with E-state index in [9.17, 15) is 4.79 Å². The Morgan fingerprint density at radius 2 is 1.10 bits per heavy atom. The van der Waals surface area contributed by atoms with Crippen molar-refractivity contribution in [2.24, 2.45) is 0 Å². The van der Waals surface area contributed by atoms with E-state index in [1.54, 1.807) is 0 Å². The van der Waals surface area contributed by atoms with E-state index < -0.39 is 6.16 Å². The lowest BCUT2D eigenvalue weighted by Gasteiger charge is -2.14. The Kier molecular flexibility index (Phi) is 2.78. The van der Waals surface area contributed by atoms with Crippen LogP contribution in [0.1, 0.15) is 22.3 Å². The number of ether oxygens (including phenoxy) is 2. The predicted molar refractivity (Wildman–Crippen MR) is 77.5 cm³/mol. The van der Waals surface area contributed by atoms with Gasteiger partial charge in [0.2, 0.25) is 0 Å². The molecule has 0 fully saturated rings. The van der Waals surface area contributed by atoms with Gasteiger partial charge in [0, 0.05) is 11.1 Å². The summed E-state index contributed by atoms with van der Waals surface area (Å²) in [5.41, 5.74) is 6.14. The lowest BCUT2D eigenvalue weighted by Crippen LogP contribution is -2.12.